The van der Waals surface area contributed by atoms with Crippen molar-refractivity contribution in [2.75, 3.05) is 13.2 Å². The predicted octanol–water partition coefficient (Wildman–Crippen LogP) is 11.6. The summed E-state index contributed by atoms with van der Waals surface area (Å²) < 4.78 is 44.8. The number of aliphatic hydroxyl groups is 2. The molecule has 2 heterocycles. The molecule has 0 aromatic carbocycles. The fourth-order valence-electron chi connectivity index (χ4n) is 3.45. The maximum absolute atomic E-state index is 12.0. The first kappa shape index (κ1) is 63.4. The first-order valence-electron chi connectivity index (χ1n) is 20.8. The number of hydrogen-bond donors (Lipinski definition) is 5. The van der Waals surface area contributed by atoms with Crippen molar-refractivity contribution in [2.24, 2.45) is 17.2 Å². The summed E-state index contributed by atoms with van der Waals surface area (Å²) in [6.45, 7) is 31.1. The zero-order chi connectivity index (χ0) is 45.9. The Kier molecular flexibility index (Phi) is 34.5. The van der Waals surface area contributed by atoms with Crippen molar-refractivity contribution in [3.63, 3.8) is 0 Å². The minimum absolute atomic E-state index is 0. The van der Waals surface area contributed by atoms with Gasteiger partial charge in [-0.15, -0.1) is 31.7 Å². The van der Waals surface area contributed by atoms with E-state index in [-0.39, 0.29) is 76.5 Å². The number of aryl methyl sites for hydroxylation is 1. The van der Waals surface area contributed by atoms with E-state index in [1.54, 1.807) is 20.8 Å². The molecule has 58 heavy (non-hydrogen) atoms. The Balaban J connectivity index is -0.000000118. The van der Waals surface area contributed by atoms with E-state index < -0.39 is 40.5 Å². The standard InChI is InChI=1S/C10H25NSi.C9H23NSi.C7H12N2OS.C6H10F2N4O.C6H15N.4CH4/c1-6-10(2,11)8-7-9-12(3,4)5;1-6-9(2,10)7-8-11(3,4)5;1-5-8-9-6(11-5)7(2,3)4-10;1-6(2,3-13)4-9-11-12(10-4)5(7)8;1-4-6(3,7)5-2;;;;/h6-9,11H2,1-5H3;6-8,10H2,1-5H3;10H,4H2,1-3H3;5,13H,3H2,1-2H3;4-5,7H2,1-3H3;4*1H4/i;;;;1D3;;;;. The number of alkyl halides is 2. The number of aromatic nitrogens is 6. The lowest BCUT2D eigenvalue weighted by molar-refractivity contribution is 0.0389. The van der Waals surface area contributed by atoms with Gasteiger partial charge < -0.3 is 27.4 Å². The second-order valence-corrected chi connectivity index (χ2v) is 31.5. The molecule has 0 saturated heterocycles. The largest absolute Gasteiger partial charge is 0.395 e. The average molecular weight is 894 g/mol. The Morgan fingerprint density at radius 3 is 1.41 bits per heavy atom. The Bertz CT molecular complexity index is 1350. The highest BCUT2D eigenvalue weighted by atomic mass is 32.1. The number of hydrogen-bond acceptors (Lipinski definition) is 11. The monoisotopic (exact) mass is 893 g/mol. The average Bonchev–Trinajstić information content (AvgIpc) is 3.74. The molecule has 16 heteroatoms. The maximum atomic E-state index is 12.0. The summed E-state index contributed by atoms with van der Waals surface area (Å²) in [7, 11) is -1.69. The molecule has 354 valence electrons. The number of halogens is 2. The van der Waals surface area contributed by atoms with Crippen LogP contribution in [0, 0.1) is 6.92 Å². The summed E-state index contributed by atoms with van der Waals surface area (Å²) in [6.07, 6.45) is 6.68. The molecule has 0 bridgehead atoms. The summed E-state index contributed by atoms with van der Waals surface area (Å²) in [6, 6.07) is 2.77. The van der Waals surface area contributed by atoms with Crippen LogP contribution >= 0.6 is 11.3 Å². The molecule has 0 amide bonds. The molecule has 11 nitrogen and oxygen atoms in total. The van der Waals surface area contributed by atoms with Crippen molar-refractivity contribution in [2.45, 2.75) is 243 Å². The molecule has 2 aromatic rings. The van der Waals surface area contributed by atoms with Crippen LogP contribution in [0.15, 0.2) is 0 Å². The van der Waals surface area contributed by atoms with Crippen LogP contribution in [0.5, 0.6) is 0 Å². The summed E-state index contributed by atoms with van der Waals surface area (Å²) in [5.74, 6) is 0.107. The normalized spacial score (nSPS) is 15.4. The molecule has 2 rings (SSSR count). The molecular weight excluding hydrogens is 789 g/mol. The van der Waals surface area contributed by atoms with Gasteiger partial charge in [-0.2, -0.15) is 8.78 Å². The van der Waals surface area contributed by atoms with Gasteiger partial charge in [-0.3, -0.25) is 0 Å². The highest BCUT2D eigenvalue weighted by Crippen LogP contribution is 2.25. The van der Waals surface area contributed by atoms with Gasteiger partial charge in [0.15, 0.2) is 5.82 Å². The van der Waals surface area contributed by atoms with E-state index in [4.69, 9.17) is 31.5 Å². The van der Waals surface area contributed by atoms with E-state index in [2.05, 4.69) is 92.6 Å². The maximum Gasteiger partial charge on any atom is 0.350 e. The van der Waals surface area contributed by atoms with Gasteiger partial charge >= 0.3 is 6.55 Å². The summed E-state index contributed by atoms with van der Waals surface area (Å²) in [4.78, 5) is 0.215. The van der Waals surface area contributed by atoms with Gasteiger partial charge in [0, 0.05) is 42.3 Å². The molecule has 2 aromatic heterocycles. The number of tetrazole rings is 1. The van der Waals surface area contributed by atoms with Crippen molar-refractivity contribution in [3.8, 4) is 0 Å². The van der Waals surface area contributed by atoms with Crippen LogP contribution in [0.3, 0.4) is 0 Å². The van der Waals surface area contributed by atoms with Crippen LogP contribution in [0.1, 0.15) is 177 Å². The summed E-state index contributed by atoms with van der Waals surface area (Å²) in [5.41, 5.74) is 16.4. The fourth-order valence-corrected chi connectivity index (χ4v) is 6.79. The lowest BCUT2D eigenvalue weighted by Crippen LogP contribution is -2.37. The molecule has 0 spiro atoms. The van der Waals surface area contributed by atoms with E-state index in [9.17, 15) is 8.78 Å². The van der Waals surface area contributed by atoms with E-state index in [0.717, 1.165) is 22.9 Å². The van der Waals surface area contributed by atoms with Crippen molar-refractivity contribution in [1.29, 1.82) is 0 Å². The first-order valence-corrected chi connectivity index (χ1v) is 27.5. The second kappa shape index (κ2) is 31.6. The Morgan fingerprint density at radius 2 is 1.12 bits per heavy atom. The van der Waals surface area contributed by atoms with Crippen molar-refractivity contribution >= 4 is 27.5 Å². The fraction of sp³-hybridized carbons (Fsp3) is 0.929. The minimum Gasteiger partial charge on any atom is -0.395 e. The predicted molar refractivity (Wildman–Crippen MR) is 260 cm³/mol. The van der Waals surface area contributed by atoms with Gasteiger partial charge in [0.2, 0.25) is 0 Å². The molecule has 0 aliphatic carbocycles. The highest BCUT2D eigenvalue weighted by Gasteiger charge is 2.27. The van der Waals surface area contributed by atoms with Gasteiger partial charge in [0.25, 0.3) is 0 Å². The molecule has 3 unspecified atom stereocenters. The van der Waals surface area contributed by atoms with Gasteiger partial charge in [0.1, 0.15) is 10.0 Å². The van der Waals surface area contributed by atoms with E-state index >= 15 is 0 Å². The van der Waals surface area contributed by atoms with Crippen molar-refractivity contribution in [3.05, 3.63) is 15.8 Å². The summed E-state index contributed by atoms with van der Waals surface area (Å²) >= 11 is 1.54. The van der Waals surface area contributed by atoms with Gasteiger partial charge in [-0.25, -0.2) is 0 Å². The van der Waals surface area contributed by atoms with E-state index in [1.807, 2.05) is 27.7 Å². The Labute approximate surface area is 369 Å². The molecule has 3 atom stereocenters. The highest BCUT2D eigenvalue weighted by molar-refractivity contribution is 7.11. The quantitative estimate of drug-likeness (QED) is 0.101. The molecule has 0 fully saturated rings. The van der Waals surface area contributed by atoms with Crippen LogP contribution < -0.4 is 17.2 Å². The van der Waals surface area contributed by atoms with E-state index in [0.29, 0.717) is 6.42 Å². The van der Waals surface area contributed by atoms with Crippen LogP contribution in [-0.4, -0.2) is 86.6 Å². The van der Waals surface area contributed by atoms with Gasteiger partial charge in [-0.1, -0.05) is 148 Å². The van der Waals surface area contributed by atoms with Crippen molar-refractivity contribution < 1.29 is 23.1 Å². The molecule has 0 aliphatic heterocycles. The Morgan fingerprint density at radius 1 is 0.690 bits per heavy atom. The topological polar surface area (TPSA) is 188 Å². The van der Waals surface area contributed by atoms with Crippen molar-refractivity contribution in [1.82, 2.24) is 30.4 Å². The summed E-state index contributed by atoms with van der Waals surface area (Å²) in [5, 5.41) is 37.6. The van der Waals surface area contributed by atoms with Gasteiger partial charge in [0.05, 0.1) is 18.6 Å². The van der Waals surface area contributed by atoms with E-state index in [1.165, 1.54) is 42.7 Å². The number of rotatable bonds is 16. The van der Waals surface area contributed by atoms with Gasteiger partial charge in [-0.05, 0) is 71.4 Å². The zero-order valence-electron chi connectivity index (χ0n) is 40.3. The third-order valence-electron chi connectivity index (χ3n) is 9.05. The van der Waals surface area contributed by atoms with Crippen LogP contribution in [0.25, 0.3) is 0 Å². The molecule has 0 saturated carbocycles. The van der Waals surface area contributed by atoms with Crippen LogP contribution in [0.4, 0.5) is 8.78 Å². The Hall–Kier alpha value is -1.28. The molecule has 0 radical (unpaired) electrons. The lowest BCUT2D eigenvalue weighted by Gasteiger charge is -2.26. The number of nitrogens with zero attached hydrogens (tertiary/aromatic N) is 6. The number of nitrogens with two attached hydrogens (primary N) is 3. The first-order chi connectivity index (χ1) is 25.3. The lowest BCUT2D eigenvalue weighted by atomic mass is 9.94. The molecule has 8 N–H and O–H groups in total. The third-order valence-corrected chi connectivity index (χ3v) is 13.9. The smallest absolute Gasteiger partial charge is 0.350 e. The molecular formula is C42H101F2N9O2SSi2. The van der Waals surface area contributed by atoms with Crippen LogP contribution in [-0.2, 0) is 10.8 Å². The third kappa shape index (κ3) is 36.6. The SMILES string of the molecule is C.C.C.C.CC(C)(CO)c1nnn(C(F)F)n1.CCC(C)(N)CCC[Si](C)(C)C.CCC(C)(N)CC[Si](C)(C)C.Cc1nnc(C(C)(C)CO)s1.[2H]C([2H])([2H])CC(C)(N)CC. The minimum atomic E-state index is -2.80. The zero-order valence-corrected chi connectivity index (χ0v) is 40.1. The van der Waals surface area contributed by atoms with Crippen LogP contribution in [0.2, 0.25) is 51.4 Å². The molecule has 0 aliphatic rings. The number of aliphatic hydroxyl groups excluding tert-OH is 2. The second-order valence-electron chi connectivity index (χ2n) is 19.1.